The van der Waals surface area contributed by atoms with E-state index < -0.39 is 6.04 Å². The van der Waals surface area contributed by atoms with E-state index in [0.717, 1.165) is 22.4 Å². The molecule has 3 rings (SSSR count). The first-order valence-corrected chi connectivity index (χ1v) is 14.0. The van der Waals surface area contributed by atoms with Crippen LogP contribution >= 0.6 is 35.0 Å². The monoisotopic (exact) mass is 558 g/mol. The van der Waals surface area contributed by atoms with Gasteiger partial charge >= 0.3 is 0 Å². The molecule has 0 fully saturated rings. The van der Waals surface area contributed by atoms with Crippen molar-refractivity contribution in [2.75, 3.05) is 12.9 Å². The number of nitrogens with one attached hydrogen (secondary N) is 1. The van der Waals surface area contributed by atoms with Gasteiger partial charge in [0.15, 0.2) is 0 Å². The molecule has 3 aromatic rings. The van der Waals surface area contributed by atoms with Gasteiger partial charge in [0.1, 0.15) is 11.8 Å². The molecule has 0 heterocycles. The molecular formula is C29H32Cl2N2O3S. The Morgan fingerprint density at radius 3 is 2.22 bits per heavy atom. The first kappa shape index (κ1) is 28.9. The molecule has 196 valence electrons. The maximum Gasteiger partial charge on any atom is 0.243 e. The van der Waals surface area contributed by atoms with Gasteiger partial charge in [-0.05, 0) is 54.8 Å². The van der Waals surface area contributed by atoms with E-state index in [2.05, 4.69) is 5.32 Å². The maximum absolute atomic E-state index is 13.7. The van der Waals surface area contributed by atoms with Gasteiger partial charge in [0.25, 0.3) is 0 Å². The van der Waals surface area contributed by atoms with E-state index >= 15 is 0 Å². The van der Waals surface area contributed by atoms with Crippen LogP contribution in [0.2, 0.25) is 10.0 Å². The highest BCUT2D eigenvalue weighted by Crippen LogP contribution is 2.25. The predicted octanol–water partition coefficient (Wildman–Crippen LogP) is 6.40. The summed E-state index contributed by atoms with van der Waals surface area (Å²) < 4.78 is 5.22. The summed E-state index contributed by atoms with van der Waals surface area (Å²) in [6.07, 6.45) is 0.398. The van der Waals surface area contributed by atoms with Gasteiger partial charge in [0, 0.05) is 24.8 Å². The molecule has 0 aliphatic heterocycles. The van der Waals surface area contributed by atoms with Crippen molar-refractivity contribution in [1.82, 2.24) is 10.2 Å². The second-order valence-corrected chi connectivity index (χ2v) is 10.8. The molecule has 0 aliphatic carbocycles. The van der Waals surface area contributed by atoms with Crippen molar-refractivity contribution in [1.29, 1.82) is 0 Å². The standard InChI is InChI=1S/C29H32Cl2N2O3S/c1-20(2)32-29(35)27(16-21-7-5-4-6-8-21)33(17-23-11-14-25(30)26(31)15-23)28(34)19-37-18-22-9-12-24(36-3)13-10-22/h4-15,20,27H,16-19H2,1-3H3,(H,32,35)/t27-/m1/s1. The molecule has 0 saturated carbocycles. The Morgan fingerprint density at radius 1 is 0.919 bits per heavy atom. The second-order valence-electron chi connectivity index (χ2n) is 8.98. The Labute approximate surface area is 233 Å². The molecular weight excluding hydrogens is 527 g/mol. The lowest BCUT2D eigenvalue weighted by atomic mass is 10.0. The van der Waals surface area contributed by atoms with Gasteiger partial charge in [-0.25, -0.2) is 0 Å². The zero-order valence-corrected chi connectivity index (χ0v) is 23.6. The molecule has 1 atom stereocenters. The number of benzene rings is 3. The molecule has 0 saturated heterocycles. The Hall–Kier alpha value is -2.67. The number of carbonyl (C=O) groups excluding carboxylic acids is 2. The summed E-state index contributed by atoms with van der Waals surface area (Å²) in [4.78, 5) is 28.7. The molecule has 1 N–H and O–H groups in total. The third-order valence-electron chi connectivity index (χ3n) is 5.69. The van der Waals surface area contributed by atoms with Crippen LogP contribution in [-0.4, -0.2) is 41.7 Å². The van der Waals surface area contributed by atoms with E-state index in [9.17, 15) is 9.59 Å². The van der Waals surface area contributed by atoms with Gasteiger partial charge < -0.3 is 15.0 Å². The number of amides is 2. The molecule has 0 aliphatic rings. The second kappa shape index (κ2) is 14.3. The summed E-state index contributed by atoms with van der Waals surface area (Å²) in [6.45, 7) is 4.06. The van der Waals surface area contributed by atoms with Crippen LogP contribution in [0.5, 0.6) is 5.75 Å². The van der Waals surface area contributed by atoms with E-state index in [-0.39, 0.29) is 30.2 Å². The van der Waals surface area contributed by atoms with Crippen LogP contribution in [0.15, 0.2) is 72.8 Å². The average Bonchev–Trinajstić information content (AvgIpc) is 2.88. The first-order valence-electron chi connectivity index (χ1n) is 12.0. The number of halogens is 2. The predicted molar refractivity (Wildman–Crippen MR) is 153 cm³/mol. The van der Waals surface area contributed by atoms with Gasteiger partial charge in [-0.1, -0.05) is 71.7 Å². The van der Waals surface area contributed by atoms with Crippen molar-refractivity contribution < 1.29 is 14.3 Å². The van der Waals surface area contributed by atoms with Crippen molar-refractivity contribution in [3.05, 3.63) is 99.5 Å². The summed E-state index contributed by atoms with van der Waals surface area (Å²) in [6, 6.07) is 22.1. The Balaban J connectivity index is 1.84. The molecule has 8 heteroatoms. The zero-order chi connectivity index (χ0) is 26.8. The van der Waals surface area contributed by atoms with E-state index in [1.807, 2.05) is 74.5 Å². The third kappa shape index (κ3) is 8.99. The molecule has 0 unspecified atom stereocenters. The largest absolute Gasteiger partial charge is 0.497 e. The molecule has 5 nitrogen and oxygen atoms in total. The van der Waals surface area contributed by atoms with Gasteiger partial charge in [0.05, 0.1) is 22.9 Å². The van der Waals surface area contributed by atoms with Crippen molar-refractivity contribution in [2.45, 2.75) is 44.6 Å². The number of rotatable bonds is 12. The van der Waals surface area contributed by atoms with Crippen LogP contribution in [0, 0.1) is 0 Å². The van der Waals surface area contributed by atoms with Crippen molar-refractivity contribution in [3.8, 4) is 5.75 Å². The van der Waals surface area contributed by atoms with Gasteiger partial charge in [0.2, 0.25) is 11.8 Å². The fourth-order valence-corrected chi connectivity index (χ4v) is 5.02. The Morgan fingerprint density at radius 2 is 1.59 bits per heavy atom. The normalized spacial score (nSPS) is 11.7. The lowest BCUT2D eigenvalue weighted by Crippen LogP contribution is -2.52. The molecule has 2 amide bonds. The van der Waals surface area contributed by atoms with Crippen LogP contribution in [0.3, 0.4) is 0 Å². The summed E-state index contributed by atoms with van der Waals surface area (Å²) in [7, 11) is 1.63. The smallest absolute Gasteiger partial charge is 0.243 e. The molecule has 0 spiro atoms. The minimum atomic E-state index is -0.687. The number of hydrogen-bond donors (Lipinski definition) is 1. The molecule has 0 bridgehead atoms. The fraction of sp³-hybridized carbons (Fsp3) is 0.310. The fourth-order valence-electron chi connectivity index (χ4n) is 3.83. The lowest BCUT2D eigenvalue weighted by Gasteiger charge is -2.32. The van der Waals surface area contributed by atoms with Gasteiger partial charge in [-0.15, -0.1) is 11.8 Å². The molecule has 0 aromatic heterocycles. The molecule has 37 heavy (non-hydrogen) atoms. The Bertz CT molecular complexity index is 1170. The lowest BCUT2D eigenvalue weighted by molar-refractivity contribution is -0.139. The number of methoxy groups -OCH3 is 1. The van der Waals surface area contributed by atoms with Crippen LogP contribution in [-0.2, 0) is 28.3 Å². The first-order chi connectivity index (χ1) is 17.8. The zero-order valence-electron chi connectivity index (χ0n) is 21.2. The summed E-state index contributed by atoms with van der Waals surface area (Å²) in [5, 5.41) is 3.85. The maximum atomic E-state index is 13.7. The number of ether oxygens (including phenoxy) is 1. The van der Waals surface area contributed by atoms with Gasteiger partial charge in [-0.2, -0.15) is 0 Å². The minimum absolute atomic E-state index is 0.0582. The highest BCUT2D eigenvalue weighted by atomic mass is 35.5. The van der Waals surface area contributed by atoms with Crippen LogP contribution < -0.4 is 10.1 Å². The van der Waals surface area contributed by atoms with Crippen molar-refractivity contribution in [3.63, 3.8) is 0 Å². The van der Waals surface area contributed by atoms with Crippen LogP contribution in [0.1, 0.15) is 30.5 Å². The van der Waals surface area contributed by atoms with E-state index in [1.165, 1.54) is 11.8 Å². The number of hydrogen-bond acceptors (Lipinski definition) is 4. The SMILES string of the molecule is COc1ccc(CSCC(=O)N(Cc2ccc(Cl)c(Cl)c2)[C@H](Cc2ccccc2)C(=O)NC(C)C)cc1. The third-order valence-corrected chi connectivity index (χ3v) is 7.42. The summed E-state index contributed by atoms with van der Waals surface area (Å²) >= 11 is 13.9. The van der Waals surface area contributed by atoms with E-state index in [4.69, 9.17) is 27.9 Å². The Kier molecular flexibility index (Phi) is 11.2. The van der Waals surface area contributed by atoms with Crippen molar-refractivity contribution in [2.24, 2.45) is 0 Å². The van der Waals surface area contributed by atoms with Crippen LogP contribution in [0.25, 0.3) is 0 Å². The highest BCUT2D eigenvalue weighted by molar-refractivity contribution is 7.99. The molecule has 3 aromatic carbocycles. The quantitative estimate of drug-likeness (QED) is 0.279. The average molecular weight is 560 g/mol. The van der Waals surface area contributed by atoms with E-state index in [0.29, 0.717) is 22.2 Å². The van der Waals surface area contributed by atoms with Crippen LogP contribution in [0.4, 0.5) is 0 Å². The highest BCUT2D eigenvalue weighted by Gasteiger charge is 2.30. The van der Waals surface area contributed by atoms with Gasteiger partial charge in [-0.3, -0.25) is 9.59 Å². The topological polar surface area (TPSA) is 58.6 Å². The number of thioether (sulfide) groups is 1. The minimum Gasteiger partial charge on any atom is -0.497 e. The number of nitrogens with zero attached hydrogens (tertiary/aromatic N) is 1. The number of carbonyl (C=O) groups is 2. The molecule has 0 radical (unpaired) electrons. The van der Waals surface area contributed by atoms with E-state index in [1.54, 1.807) is 24.1 Å². The summed E-state index contributed by atoms with van der Waals surface area (Å²) in [5.41, 5.74) is 2.87. The summed E-state index contributed by atoms with van der Waals surface area (Å²) in [5.74, 6) is 1.38. The van der Waals surface area contributed by atoms with Crippen molar-refractivity contribution >= 4 is 46.8 Å².